The van der Waals surface area contributed by atoms with Crippen LogP contribution < -0.4 is 5.26 Å². The number of carbonyl (C=O) groups excluding carboxylic acids is 1. The number of ether oxygens (including phenoxy) is 2. The van der Waals surface area contributed by atoms with Gasteiger partial charge in [-0.1, -0.05) is 6.42 Å². The molecule has 0 spiro atoms. The minimum Gasteiger partial charge on any atom is -0.691 e. The van der Waals surface area contributed by atoms with Crippen LogP contribution in [0.1, 0.15) is 25.7 Å². The van der Waals surface area contributed by atoms with Crippen molar-refractivity contribution in [3.63, 3.8) is 0 Å². The number of carbonyl (C=O) groups is 1. The Bertz CT molecular complexity index is 303. The largest absolute Gasteiger partial charge is 0.691 e. The normalized spacial score (nSPS) is 23.6. The number of esters is 1. The molecule has 2 unspecified atom stereocenters. The lowest BCUT2D eigenvalue weighted by molar-refractivity contribution is -0.777. The fourth-order valence-electron chi connectivity index (χ4n) is 2.31. The summed E-state index contributed by atoms with van der Waals surface area (Å²) in [5.74, 6) is -1.33. The van der Waals surface area contributed by atoms with Crippen molar-refractivity contribution < 1.29 is 37.7 Å². The van der Waals surface area contributed by atoms with Crippen molar-refractivity contribution >= 4 is 18.0 Å². The zero-order valence-corrected chi connectivity index (χ0v) is 11.8. The Labute approximate surface area is 119 Å². The monoisotopic (exact) mass is 315 g/mol. The van der Waals surface area contributed by atoms with Crippen molar-refractivity contribution in [2.45, 2.75) is 30.9 Å². The summed E-state index contributed by atoms with van der Waals surface area (Å²) in [6.07, 6.45) is 3.58. The van der Waals surface area contributed by atoms with E-state index < -0.39 is 23.3 Å². The van der Waals surface area contributed by atoms with Crippen LogP contribution in [0.5, 0.6) is 0 Å². The second-order valence-corrected chi connectivity index (χ2v) is 5.50. The molecule has 0 bridgehead atoms. The van der Waals surface area contributed by atoms with Crippen LogP contribution in [-0.4, -0.2) is 31.5 Å². The summed E-state index contributed by atoms with van der Waals surface area (Å²) in [5.41, 5.74) is 0. The molecule has 118 valence electrons. The molecule has 1 aliphatic carbocycles. The van der Waals surface area contributed by atoms with E-state index in [9.17, 15) is 18.8 Å². The lowest BCUT2D eigenvalue weighted by Gasteiger charge is -2.28. The van der Waals surface area contributed by atoms with Gasteiger partial charge in [0.15, 0.2) is 0 Å². The quantitative estimate of drug-likeness (QED) is 0.290. The first-order chi connectivity index (χ1) is 9.49. The fourth-order valence-corrected chi connectivity index (χ4v) is 2.55. The number of alkyl halides is 2. The van der Waals surface area contributed by atoms with E-state index in [1.165, 1.54) is 0 Å². The van der Waals surface area contributed by atoms with Gasteiger partial charge in [-0.3, -0.25) is 5.04 Å². The maximum Gasteiger partial charge on any atom is 0.415 e. The summed E-state index contributed by atoms with van der Waals surface area (Å²) in [5, 5.41) is 8.27. The third-order valence-electron chi connectivity index (χ3n) is 3.15. The Morgan fingerprint density at radius 2 is 2.00 bits per heavy atom. The fraction of sp³-hybridized carbons (Fsp3) is 0.909. The van der Waals surface area contributed by atoms with Gasteiger partial charge in [0.25, 0.3) is 0 Å². The molecule has 0 radical (unpaired) electrons. The molecule has 20 heavy (non-hydrogen) atoms. The van der Waals surface area contributed by atoms with Gasteiger partial charge in [0.2, 0.25) is 0 Å². The summed E-state index contributed by atoms with van der Waals surface area (Å²) in [6.45, 7) is 0.540. The van der Waals surface area contributed by atoms with Crippen molar-refractivity contribution in [1.82, 2.24) is 0 Å². The van der Waals surface area contributed by atoms with Crippen LogP contribution in [-0.2, 0) is 23.6 Å². The first-order valence-electron chi connectivity index (χ1n) is 6.18. The molecule has 1 fully saturated rings. The standard InChI is InChI=1S/C11H18F2O6S/c1-16-6-8-3-2-4-9(5-8)7-17-10(14)11(12,13)20-19-18-15/h8-9,15H,2-7H2,1H3/p-1. The van der Waals surface area contributed by atoms with Gasteiger partial charge >= 0.3 is 11.2 Å². The summed E-state index contributed by atoms with van der Waals surface area (Å²) < 4.78 is 39.3. The molecule has 0 saturated heterocycles. The highest BCUT2D eigenvalue weighted by Crippen LogP contribution is 2.33. The van der Waals surface area contributed by atoms with Gasteiger partial charge in [0, 0.05) is 13.7 Å². The van der Waals surface area contributed by atoms with Crippen LogP contribution in [0.25, 0.3) is 0 Å². The van der Waals surface area contributed by atoms with Gasteiger partial charge in [0.1, 0.15) is 12.0 Å². The van der Waals surface area contributed by atoms with Crippen LogP contribution in [0.3, 0.4) is 0 Å². The highest BCUT2D eigenvalue weighted by molar-refractivity contribution is 7.96. The number of hydrogen-bond acceptors (Lipinski definition) is 7. The van der Waals surface area contributed by atoms with Gasteiger partial charge in [-0.15, -0.1) is 0 Å². The molecule has 0 aromatic carbocycles. The van der Waals surface area contributed by atoms with Crippen LogP contribution in [0.4, 0.5) is 8.78 Å². The molecule has 0 aromatic heterocycles. The van der Waals surface area contributed by atoms with E-state index in [0.717, 1.165) is 25.7 Å². The predicted molar refractivity (Wildman–Crippen MR) is 63.0 cm³/mol. The minimum atomic E-state index is -3.97. The Balaban J connectivity index is 2.32. The predicted octanol–water partition coefficient (Wildman–Crippen LogP) is 1.45. The molecule has 1 aliphatic rings. The SMILES string of the molecule is COCC1CCCC(COC(=O)C(F)(F)SOO[O-])C1. The van der Waals surface area contributed by atoms with Crippen molar-refractivity contribution in [2.24, 2.45) is 11.8 Å². The Hall–Kier alpha value is -0.480. The van der Waals surface area contributed by atoms with E-state index in [1.807, 2.05) is 0 Å². The smallest absolute Gasteiger partial charge is 0.415 e. The Morgan fingerprint density at radius 3 is 2.60 bits per heavy atom. The highest BCUT2D eigenvalue weighted by atomic mass is 32.2. The molecule has 0 aromatic rings. The molecule has 2 atom stereocenters. The molecule has 0 heterocycles. The zero-order valence-electron chi connectivity index (χ0n) is 11.0. The molecule has 1 rings (SSSR count). The maximum atomic E-state index is 13.1. The molecule has 6 nitrogen and oxygen atoms in total. The molecular weight excluding hydrogens is 298 g/mol. The minimum absolute atomic E-state index is 0.0466. The van der Waals surface area contributed by atoms with Crippen LogP contribution in [0, 0.1) is 11.8 Å². The lowest BCUT2D eigenvalue weighted by atomic mass is 9.82. The molecule has 9 heteroatoms. The van der Waals surface area contributed by atoms with Crippen LogP contribution >= 0.6 is 12.0 Å². The summed E-state index contributed by atoms with van der Waals surface area (Å²) in [6, 6.07) is 0. The van der Waals surface area contributed by atoms with Gasteiger partial charge in [-0.05, 0) is 31.1 Å². The first-order valence-corrected chi connectivity index (χ1v) is 6.92. The number of methoxy groups -OCH3 is 1. The Morgan fingerprint density at radius 1 is 1.35 bits per heavy atom. The molecule has 1 saturated carbocycles. The third kappa shape index (κ3) is 5.88. The van der Waals surface area contributed by atoms with E-state index in [4.69, 9.17) is 4.74 Å². The van der Waals surface area contributed by atoms with E-state index in [1.54, 1.807) is 7.11 Å². The van der Waals surface area contributed by atoms with Gasteiger partial charge in [-0.2, -0.15) is 13.1 Å². The third-order valence-corrected chi connectivity index (χ3v) is 3.65. The van der Waals surface area contributed by atoms with Crippen molar-refractivity contribution in [2.75, 3.05) is 20.3 Å². The summed E-state index contributed by atoms with van der Waals surface area (Å²) in [4.78, 5) is 11.2. The second kappa shape index (κ2) is 8.73. The number of rotatable bonds is 8. The van der Waals surface area contributed by atoms with E-state index >= 15 is 0 Å². The van der Waals surface area contributed by atoms with Crippen LogP contribution in [0.15, 0.2) is 0 Å². The average Bonchev–Trinajstić information content (AvgIpc) is 2.43. The zero-order chi connectivity index (χ0) is 15.0. The van der Waals surface area contributed by atoms with Crippen molar-refractivity contribution in [3.8, 4) is 0 Å². The summed E-state index contributed by atoms with van der Waals surface area (Å²) >= 11 is -0.681. The van der Waals surface area contributed by atoms with Gasteiger partial charge in [-0.25, -0.2) is 4.79 Å². The van der Waals surface area contributed by atoms with E-state index in [0.29, 0.717) is 12.5 Å². The van der Waals surface area contributed by atoms with Gasteiger partial charge in [0.05, 0.1) is 6.61 Å². The topological polar surface area (TPSA) is 77.1 Å². The van der Waals surface area contributed by atoms with E-state index in [2.05, 4.69) is 14.1 Å². The average molecular weight is 315 g/mol. The summed E-state index contributed by atoms with van der Waals surface area (Å²) in [7, 11) is 1.61. The van der Waals surface area contributed by atoms with Crippen molar-refractivity contribution in [1.29, 1.82) is 0 Å². The Kier molecular flexibility index (Phi) is 7.67. The number of halogens is 2. The molecule has 0 N–H and O–H groups in total. The second-order valence-electron chi connectivity index (χ2n) is 4.69. The number of hydrogen-bond donors (Lipinski definition) is 0. The first kappa shape index (κ1) is 17.6. The lowest BCUT2D eigenvalue weighted by Crippen LogP contribution is -2.31. The maximum absolute atomic E-state index is 13.1. The van der Waals surface area contributed by atoms with Crippen LogP contribution in [0.2, 0.25) is 0 Å². The molecular formula is C11H17F2O6S-. The molecule has 0 amide bonds. The van der Waals surface area contributed by atoms with Gasteiger partial charge < -0.3 is 14.7 Å². The molecule has 0 aliphatic heterocycles. The highest BCUT2D eigenvalue weighted by Gasteiger charge is 2.44. The van der Waals surface area contributed by atoms with E-state index in [-0.39, 0.29) is 12.5 Å². The van der Waals surface area contributed by atoms with Crippen molar-refractivity contribution in [3.05, 3.63) is 0 Å².